The average molecular weight is 499 g/mol. The molecule has 1 aromatic carbocycles. The highest BCUT2D eigenvalue weighted by molar-refractivity contribution is 6.43. The van der Waals surface area contributed by atoms with Crippen LogP contribution >= 0.6 is 0 Å². The molecule has 0 aromatic heterocycles. The third-order valence-electron chi connectivity index (χ3n) is 4.88. The van der Waals surface area contributed by atoms with Crippen LogP contribution in [0.2, 0.25) is 0 Å². The van der Waals surface area contributed by atoms with Crippen molar-refractivity contribution >= 4 is 24.8 Å². The lowest BCUT2D eigenvalue weighted by molar-refractivity contribution is -0.525. The number of benzene rings is 1. The summed E-state index contributed by atoms with van der Waals surface area (Å²) in [6.45, 7) is 3.73. The standard InChI is InChI=1S/C20H31BFN5O7.CH4/c1-12(2)9-18(21(30)31)25-19(29)13(5-4-8-24-20(23)26-27(32)33)10-16(28)15-11-14(22)6-7-17(15)34-3;/h6-7,11-13,18,30-31H,4-5,8-10H2,1-3H3,(H,25,29)(H3,23,24,26);1H4/t13-,18+;/m1./s1. The number of amides is 1. The van der Waals surface area contributed by atoms with Gasteiger partial charge in [0.05, 0.1) is 18.6 Å². The van der Waals surface area contributed by atoms with Crippen LogP contribution in [0.5, 0.6) is 5.75 Å². The van der Waals surface area contributed by atoms with Crippen LogP contribution < -0.4 is 21.2 Å². The molecule has 6 N–H and O–H groups in total. The van der Waals surface area contributed by atoms with E-state index in [0.29, 0.717) is 0 Å². The number of carbonyl (C=O) groups excluding carboxylic acids is 2. The van der Waals surface area contributed by atoms with Gasteiger partial charge in [-0.15, -0.1) is 0 Å². The van der Waals surface area contributed by atoms with E-state index in [0.717, 1.165) is 12.1 Å². The van der Waals surface area contributed by atoms with Gasteiger partial charge < -0.3 is 25.8 Å². The third-order valence-corrected chi connectivity index (χ3v) is 4.88. The summed E-state index contributed by atoms with van der Waals surface area (Å²) < 4.78 is 18.8. The minimum atomic E-state index is -1.80. The third kappa shape index (κ3) is 11.6. The van der Waals surface area contributed by atoms with Crippen LogP contribution in [0.1, 0.15) is 57.3 Å². The van der Waals surface area contributed by atoms with E-state index >= 15 is 0 Å². The van der Waals surface area contributed by atoms with Gasteiger partial charge in [0.15, 0.2) is 10.8 Å². The first-order valence-electron chi connectivity index (χ1n) is 10.7. The van der Waals surface area contributed by atoms with Gasteiger partial charge in [0.25, 0.3) is 5.96 Å². The van der Waals surface area contributed by atoms with Crippen molar-refractivity contribution in [2.45, 2.75) is 52.9 Å². The number of guanidine groups is 1. The van der Waals surface area contributed by atoms with E-state index in [2.05, 4.69) is 10.3 Å². The van der Waals surface area contributed by atoms with Gasteiger partial charge in [0.2, 0.25) is 5.91 Å². The maximum Gasteiger partial charge on any atom is 0.475 e. The fourth-order valence-electron chi connectivity index (χ4n) is 3.29. The second kappa shape index (κ2) is 15.6. The molecule has 0 radical (unpaired) electrons. The van der Waals surface area contributed by atoms with Gasteiger partial charge in [0, 0.05) is 18.9 Å². The number of hydrogen-bond donors (Lipinski definition) is 5. The number of ketones is 1. The first kappa shape index (κ1) is 31.7. The van der Waals surface area contributed by atoms with Crippen molar-refractivity contribution in [3.8, 4) is 5.75 Å². The van der Waals surface area contributed by atoms with Gasteiger partial charge in [-0.2, -0.15) is 0 Å². The molecule has 0 saturated carbocycles. The Bertz CT molecular complexity index is 886. The van der Waals surface area contributed by atoms with Crippen LogP contribution in [0.15, 0.2) is 23.2 Å². The average Bonchev–Trinajstić information content (AvgIpc) is 2.74. The Balaban J connectivity index is 0.0000116. The van der Waals surface area contributed by atoms with Gasteiger partial charge in [-0.25, -0.2) is 19.5 Å². The minimum absolute atomic E-state index is 0. The molecule has 1 rings (SSSR count). The molecule has 0 heterocycles. The summed E-state index contributed by atoms with van der Waals surface area (Å²) in [6, 6.07) is 3.46. The number of halogens is 1. The van der Waals surface area contributed by atoms with Crippen LogP contribution in [-0.4, -0.2) is 59.4 Å². The van der Waals surface area contributed by atoms with Gasteiger partial charge >= 0.3 is 7.12 Å². The van der Waals surface area contributed by atoms with E-state index < -0.39 is 47.5 Å². The van der Waals surface area contributed by atoms with Crippen LogP contribution in [-0.2, 0) is 4.79 Å². The topological polar surface area (TPSA) is 189 Å². The van der Waals surface area contributed by atoms with E-state index in [9.17, 15) is 34.1 Å². The van der Waals surface area contributed by atoms with Crippen molar-refractivity contribution in [3.63, 3.8) is 0 Å². The van der Waals surface area contributed by atoms with E-state index in [-0.39, 0.29) is 56.9 Å². The highest BCUT2D eigenvalue weighted by atomic mass is 19.1. The second-order valence-electron chi connectivity index (χ2n) is 8.11. The van der Waals surface area contributed by atoms with Crippen molar-refractivity contribution in [2.75, 3.05) is 13.7 Å². The summed E-state index contributed by atoms with van der Waals surface area (Å²) in [5, 5.41) is 31.3. The number of nitro groups is 1. The second-order valence-corrected chi connectivity index (χ2v) is 8.11. The van der Waals surface area contributed by atoms with E-state index in [4.69, 9.17) is 10.5 Å². The zero-order chi connectivity index (χ0) is 25.8. The highest BCUT2D eigenvalue weighted by Gasteiger charge is 2.30. The predicted molar refractivity (Wildman–Crippen MR) is 130 cm³/mol. The first-order valence-corrected chi connectivity index (χ1v) is 10.7. The van der Waals surface area contributed by atoms with Crippen molar-refractivity contribution in [1.82, 2.24) is 10.7 Å². The minimum Gasteiger partial charge on any atom is -0.496 e. The molecule has 0 fully saturated rings. The molecule has 0 spiro atoms. The molecule has 1 aromatic rings. The molecule has 2 atom stereocenters. The van der Waals surface area contributed by atoms with E-state index in [1.165, 1.54) is 13.2 Å². The van der Waals surface area contributed by atoms with Gasteiger partial charge in [-0.05, 0) is 43.4 Å². The quantitative estimate of drug-likeness (QED) is 0.0474. The maximum absolute atomic E-state index is 13.7. The number of nitrogens with two attached hydrogens (primary N) is 1. The fourth-order valence-corrected chi connectivity index (χ4v) is 3.29. The molecule has 35 heavy (non-hydrogen) atoms. The molecule has 0 bridgehead atoms. The van der Waals surface area contributed by atoms with Crippen LogP contribution in [0.25, 0.3) is 0 Å². The normalized spacial score (nSPS) is 12.8. The van der Waals surface area contributed by atoms with Gasteiger partial charge in [0.1, 0.15) is 11.6 Å². The number of Topliss-reactive ketones (excluding diaryl/α,β-unsaturated/α-hetero) is 1. The van der Waals surface area contributed by atoms with E-state index in [1.54, 1.807) is 5.43 Å². The lowest BCUT2D eigenvalue weighted by Gasteiger charge is -2.23. The molecule has 0 unspecified atom stereocenters. The molecular formula is C21H35BFN5O7. The van der Waals surface area contributed by atoms with Crippen molar-refractivity contribution < 1.29 is 33.8 Å². The summed E-state index contributed by atoms with van der Waals surface area (Å²) in [6.07, 6.45) is 0.339. The van der Waals surface area contributed by atoms with Crippen LogP contribution in [0, 0.1) is 27.8 Å². The van der Waals surface area contributed by atoms with Crippen molar-refractivity contribution in [2.24, 2.45) is 22.6 Å². The SMILES string of the molecule is C.COc1ccc(F)cc1C(=O)C[C@@H](CCCN=C(N)N[N+](=O)[O-])C(=O)N[C@@H](CC(C)C)B(O)O. The number of aliphatic imine (C=N–C) groups is 1. The molecule has 196 valence electrons. The Hall–Kier alpha value is -3.26. The molecule has 1 amide bonds. The lowest BCUT2D eigenvalue weighted by Crippen LogP contribution is -2.49. The number of rotatable bonds is 14. The summed E-state index contributed by atoms with van der Waals surface area (Å²) in [4.78, 5) is 40.0. The summed E-state index contributed by atoms with van der Waals surface area (Å²) in [5.41, 5.74) is 7.02. The molecule has 12 nitrogen and oxygen atoms in total. The monoisotopic (exact) mass is 499 g/mol. The fraction of sp³-hybridized carbons (Fsp3) is 0.571. The summed E-state index contributed by atoms with van der Waals surface area (Å²) in [5.74, 6) is -3.86. The maximum atomic E-state index is 13.7. The smallest absolute Gasteiger partial charge is 0.475 e. The molecule has 0 aliphatic heterocycles. The lowest BCUT2D eigenvalue weighted by atomic mass is 9.74. The van der Waals surface area contributed by atoms with Crippen LogP contribution in [0.3, 0.4) is 0 Å². The largest absolute Gasteiger partial charge is 0.496 e. The summed E-state index contributed by atoms with van der Waals surface area (Å²) in [7, 11) is -0.474. The number of nitrogens with one attached hydrogen (secondary N) is 2. The zero-order valence-electron chi connectivity index (χ0n) is 19.4. The first-order chi connectivity index (χ1) is 15.9. The number of hydrazine groups is 1. The van der Waals surface area contributed by atoms with Crippen molar-refractivity contribution in [3.05, 3.63) is 39.7 Å². The molecule has 0 saturated heterocycles. The zero-order valence-corrected chi connectivity index (χ0v) is 19.4. The Kier molecular flexibility index (Phi) is 14.2. The number of hydrogen-bond acceptors (Lipinski definition) is 8. The molecule has 0 aliphatic rings. The Labute approximate surface area is 204 Å². The van der Waals surface area contributed by atoms with Crippen LogP contribution in [0.4, 0.5) is 4.39 Å². The Morgan fingerprint density at radius 3 is 2.54 bits per heavy atom. The molecule has 14 heteroatoms. The predicted octanol–water partition coefficient (Wildman–Crippen LogP) is 1.08. The number of methoxy groups -OCH3 is 1. The van der Waals surface area contributed by atoms with Gasteiger partial charge in [-0.1, -0.05) is 26.7 Å². The Morgan fingerprint density at radius 1 is 1.34 bits per heavy atom. The Morgan fingerprint density at radius 2 is 2.00 bits per heavy atom. The number of carbonyl (C=O) groups is 2. The summed E-state index contributed by atoms with van der Waals surface area (Å²) >= 11 is 0. The molecule has 0 aliphatic carbocycles. The number of ether oxygens (including phenoxy) is 1. The highest BCUT2D eigenvalue weighted by Crippen LogP contribution is 2.24. The van der Waals surface area contributed by atoms with Gasteiger partial charge in [-0.3, -0.25) is 9.59 Å². The van der Waals surface area contributed by atoms with Crippen molar-refractivity contribution in [1.29, 1.82) is 0 Å². The van der Waals surface area contributed by atoms with E-state index in [1.807, 2.05) is 13.8 Å². The number of nitrogens with zero attached hydrogens (tertiary/aromatic N) is 2. The molecular weight excluding hydrogens is 464 g/mol.